The molecule has 0 saturated carbocycles. The van der Waals surface area contributed by atoms with E-state index >= 15 is 0 Å². The number of hydrogen-bond acceptors (Lipinski definition) is 6. The standard InChI is InChI=1S/C9H23NOP.C2HF6NO4S2/c1-6-8-9-11-12(4,5)10(3)7-2;3-1(4,5)14(10,11)9-15(12,13)2(6,7)8/h6-9H2,1-5H3;9H/q+1;. The minimum absolute atomic E-state index is 0.493. The normalized spacial score (nSPS) is 14.1. The minimum Gasteiger partial charge on any atom is -0.220 e. The molecule has 0 aromatic carbocycles. The lowest BCUT2D eigenvalue weighted by atomic mass is 10.4. The largest absolute Gasteiger partial charge is 0.512 e. The molecule has 0 bridgehead atoms. The third-order valence-corrected chi connectivity index (χ3v) is 8.73. The van der Waals surface area contributed by atoms with Crippen molar-refractivity contribution in [2.45, 2.75) is 37.7 Å². The fourth-order valence-electron chi connectivity index (χ4n) is 1.11. The molecule has 0 aliphatic rings. The molecule has 0 spiro atoms. The van der Waals surface area contributed by atoms with Gasteiger partial charge in [-0.3, -0.25) is 0 Å². The van der Waals surface area contributed by atoms with Crippen LogP contribution in [0.3, 0.4) is 0 Å². The van der Waals surface area contributed by atoms with Gasteiger partial charge in [0, 0.05) is 13.6 Å². The second-order valence-electron chi connectivity index (χ2n) is 5.44. The lowest BCUT2D eigenvalue weighted by Crippen LogP contribution is -2.45. The van der Waals surface area contributed by atoms with E-state index in [1.807, 2.05) is 0 Å². The smallest absolute Gasteiger partial charge is 0.220 e. The van der Waals surface area contributed by atoms with Crippen molar-refractivity contribution in [3.8, 4) is 0 Å². The van der Waals surface area contributed by atoms with Gasteiger partial charge >= 0.3 is 31.1 Å². The van der Waals surface area contributed by atoms with E-state index < -0.39 is 42.8 Å². The number of nitrogens with zero attached hydrogens (tertiary/aromatic N) is 1. The number of nitrogens with one attached hydrogen (secondary N) is 1. The van der Waals surface area contributed by atoms with Crippen LogP contribution < -0.4 is 4.13 Å². The Morgan fingerprint density at radius 3 is 1.56 bits per heavy atom. The fraction of sp³-hybridized carbons (Fsp3) is 1.00. The summed E-state index contributed by atoms with van der Waals surface area (Å²) in [5, 5.41) is 0. The summed E-state index contributed by atoms with van der Waals surface area (Å²) in [4.78, 5) is 0. The zero-order valence-electron chi connectivity index (χ0n) is 15.3. The van der Waals surface area contributed by atoms with Gasteiger partial charge < -0.3 is 0 Å². The number of unbranched alkanes of at least 4 members (excludes halogenated alkanes) is 1. The fourth-order valence-corrected chi connectivity index (χ4v) is 4.48. The van der Waals surface area contributed by atoms with E-state index in [1.54, 1.807) is 0 Å². The van der Waals surface area contributed by atoms with Crippen LogP contribution in [-0.4, -0.2) is 66.1 Å². The molecule has 0 aliphatic carbocycles. The van der Waals surface area contributed by atoms with Crippen LogP contribution in [-0.2, 0) is 24.6 Å². The van der Waals surface area contributed by atoms with E-state index in [2.05, 4.69) is 38.9 Å². The number of alkyl halides is 6. The Morgan fingerprint density at radius 1 is 0.926 bits per heavy atom. The highest BCUT2D eigenvalue weighted by molar-refractivity contribution is 8.05. The summed E-state index contributed by atoms with van der Waals surface area (Å²) in [6.07, 6.45) is 2.40. The Balaban J connectivity index is 0. The van der Waals surface area contributed by atoms with E-state index in [1.165, 1.54) is 12.8 Å². The first-order valence-corrected chi connectivity index (χ1v) is 12.9. The van der Waals surface area contributed by atoms with E-state index in [-0.39, 0.29) is 0 Å². The Labute approximate surface area is 156 Å². The molecule has 27 heavy (non-hydrogen) atoms. The van der Waals surface area contributed by atoms with Gasteiger partial charge in [0.25, 0.3) is 0 Å². The van der Waals surface area contributed by atoms with Crippen molar-refractivity contribution in [1.29, 1.82) is 0 Å². The monoisotopic (exact) mass is 473 g/mol. The summed E-state index contributed by atoms with van der Waals surface area (Å²) in [6.45, 7) is 10.8. The molecule has 0 aromatic heterocycles. The molecule has 16 heteroatoms. The number of rotatable bonds is 8. The molecule has 0 saturated heterocycles. The summed E-state index contributed by atoms with van der Waals surface area (Å²) in [5.74, 6) is 0. The van der Waals surface area contributed by atoms with Crippen molar-refractivity contribution >= 4 is 27.7 Å². The highest BCUT2D eigenvalue weighted by Gasteiger charge is 2.55. The highest BCUT2D eigenvalue weighted by atomic mass is 32.3. The van der Waals surface area contributed by atoms with Gasteiger partial charge in [0.1, 0.15) is 0 Å². The molecule has 0 unspecified atom stereocenters. The topological polar surface area (TPSA) is 92.8 Å². The predicted octanol–water partition coefficient (Wildman–Crippen LogP) is 3.14. The van der Waals surface area contributed by atoms with Gasteiger partial charge in [0.15, 0.2) is 0 Å². The minimum atomic E-state index is -6.60. The van der Waals surface area contributed by atoms with Crippen LogP contribution in [0, 0.1) is 0 Å². The van der Waals surface area contributed by atoms with Crippen LogP contribution in [0.15, 0.2) is 0 Å². The molecule has 0 heterocycles. The van der Waals surface area contributed by atoms with Crippen LogP contribution in [0.5, 0.6) is 0 Å². The predicted molar refractivity (Wildman–Crippen MR) is 91.0 cm³/mol. The summed E-state index contributed by atoms with van der Waals surface area (Å²) >= 11 is 0. The maximum absolute atomic E-state index is 11.5. The molecule has 0 aliphatic heterocycles. The lowest BCUT2D eigenvalue weighted by molar-refractivity contribution is -0.0476. The van der Waals surface area contributed by atoms with Crippen LogP contribution in [0.25, 0.3) is 0 Å². The Bertz CT molecular complexity index is 607. The first kappa shape index (κ1) is 29.0. The van der Waals surface area contributed by atoms with Crippen molar-refractivity contribution < 1.29 is 47.7 Å². The number of sulfonamides is 2. The second kappa shape index (κ2) is 10.5. The van der Waals surface area contributed by atoms with Gasteiger partial charge in [-0.2, -0.15) is 31.0 Å². The molecule has 7 nitrogen and oxygen atoms in total. The molecular formula is C11H24F6N2O5PS2+. The quantitative estimate of drug-likeness (QED) is 0.331. The van der Waals surface area contributed by atoms with E-state index in [0.717, 1.165) is 13.2 Å². The van der Waals surface area contributed by atoms with E-state index in [4.69, 9.17) is 4.52 Å². The van der Waals surface area contributed by atoms with Gasteiger partial charge in [-0.1, -0.05) is 17.5 Å². The maximum Gasteiger partial charge on any atom is 0.512 e. The van der Waals surface area contributed by atoms with Crippen molar-refractivity contribution in [3.63, 3.8) is 0 Å². The molecule has 0 amide bonds. The van der Waals surface area contributed by atoms with Crippen LogP contribution in [0.4, 0.5) is 26.3 Å². The second-order valence-corrected chi connectivity index (χ2v) is 12.6. The average Bonchev–Trinajstić information content (AvgIpc) is 2.43. The molecule has 166 valence electrons. The summed E-state index contributed by atoms with van der Waals surface area (Å²) in [6, 6.07) is 0. The lowest BCUT2D eigenvalue weighted by Gasteiger charge is -2.24. The first-order chi connectivity index (χ1) is 11.7. The van der Waals surface area contributed by atoms with Gasteiger partial charge in [-0.15, -0.1) is 0 Å². The maximum atomic E-state index is 11.5. The molecule has 0 aromatic rings. The van der Waals surface area contributed by atoms with Crippen molar-refractivity contribution in [2.75, 3.05) is 33.5 Å². The molecule has 0 fully saturated rings. The molecule has 0 rings (SSSR count). The van der Waals surface area contributed by atoms with Gasteiger partial charge in [0.05, 0.1) is 19.9 Å². The Hall–Kier alpha value is -0.210. The Kier molecular flexibility index (Phi) is 11.3. The molecule has 1 N–H and O–H groups in total. The molecule has 0 atom stereocenters. The molecular weight excluding hydrogens is 449 g/mol. The third-order valence-electron chi connectivity index (χ3n) is 3.01. The van der Waals surface area contributed by atoms with E-state index in [0.29, 0.717) is 0 Å². The third kappa shape index (κ3) is 10.2. The van der Waals surface area contributed by atoms with Gasteiger partial charge in [0.2, 0.25) is 7.64 Å². The number of hydrogen-bond donors (Lipinski definition) is 1. The Morgan fingerprint density at radius 2 is 1.30 bits per heavy atom. The average molecular weight is 473 g/mol. The van der Waals surface area contributed by atoms with E-state index in [9.17, 15) is 43.2 Å². The first-order valence-electron chi connectivity index (χ1n) is 7.36. The van der Waals surface area contributed by atoms with Crippen LogP contribution >= 0.6 is 7.64 Å². The number of halogens is 6. The summed E-state index contributed by atoms with van der Waals surface area (Å²) < 4.78 is 117. The highest BCUT2D eigenvalue weighted by Crippen LogP contribution is 2.54. The SMILES string of the molecule is CCCCO[P+](C)(C)N(C)CC.O=S(=O)(NS(=O)(=O)C(F)(F)F)C(F)(F)F. The van der Waals surface area contributed by atoms with Crippen LogP contribution in [0.1, 0.15) is 26.7 Å². The van der Waals surface area contributed by atoms with Crippen molar-refractivity contribution in [1.82, 2.24) is 8.80 Å². The van der Waals surface area contributed by atoms with Gasteiger partial charge in [-0.05, 0) is 13.3 Å². The molecule has 0 radical (unpaired) electrons. The summed E-state index contributed by atoms with van der Waals surface area (Å²) in [7, 11) is -12.3. The van der Waals surface area contributed by atoms with Gasteiger partial charge in [-0.25, -0.2) is 21.4 Å². The summed E-state index contributed by atoms with van der Waals surface area (Å²) in [5.41, 5.74) is -12.3. The van der Waals surface area contributed by atoms with Crippen molar-refractivity contribution in [2.24, 2.45) is 0 Å². The van der Waals surface area contributed by atoms with Crippen LogP contribution in [0.2, 0.25) is 0 Å². The zero-order chi connectivity index (χ0) is 22.3. The van der Waals surface area contributed by atoms with Crippen molar-refractivity contribution in [3.05, 3.63) is 0 Å². The zero-order valence-corrected chi connectivity index (χ0v) is 17.9.